The fourth-order valence-corrected chi connectivity index (χ4v) is 1.81. The van der Waals surface area contributed by atoms with Gasteiger partial charge < -0.3 is 17.2 Å². The first kappa shape index (κ1) is 18.0. The molecule has 0 aliphatic heterocycles. The van der Waals surface area contributed by atoms with Crippen molar-refractivity contribution in [2.24, 2.45) is 16.6 Å². The van der Waals surface area contributed by atoms with Gasteiger partial charge in [-0.15, -0.1) is 0 Å². The van der Waals surface area contributed by atoms with E-state index in [-0.39, 0.29) is 28.4 Å². The molecule has 122 valence electrons. The van der Waals surface area contributed by atoms with Crippen LogP contribution in [0.15, 0.2) is 4.99 Å². The number of nitrogens with one attached hydrogen (secondary N) is 1. The number of carbonyl (C=O) groups is 1. The monoisotopic (exact) mass is 327 g/mol. The summed E-state index contributed by atoms with van der Waals surface area (Å²) in [5.74, 6) is -0.122. The SMILES string of the molecule is CC(C)CCCCN=C(N)NC(=O)c1nc(Cl)c(N)nc1N. The van der Waals surface area contributed by atoms with E-state index in [4.69, 9.17) is 28.8 Å². The van der Waals surface area contributed by atoms with Gasteiger partial charge in [0, 0.05) is 6.54 Å². The summed E-state index contributed by atoms with van der Waals surface area (Å²) in [5, 5.41) is 2.30. The van der Waals surface area contributed by atoms with E-state index in [0.29, 0.717) is 12.5 Å². The number of unbranched alkanes of at least 4 members (excludes halogenated alkanes) is 1. The number of aromatic nitrogens is 2. The molecule has 0 aliphatic carbocycles. The van der Waals surface area contributed by atoms with E-state index in [0.717, 1.165) is 19.3 Å². The highest BCUT2D eigenvalue weighted by Gasteiger charge is 2.16. The van der Waals surface area contributed by atoms with Crippen LogP contribution >= 0.6 is 11.6 Å². The Hall–Kier alpha value is -2.09. The smallest absolute Gasteiger partial charge is 0.280 e. The molecule has 9 heteroatoms. The Bertz CT molecular complexity index is 560. The topological polar surface area (TPSA) is 145 Å². The second-order valence-corrected chi connectivity index (χ2v) is 5.60. The van der Waals surface area contributed by atoms with Crippen molar-refractivity contribution in [3.8, 4) is 0 Å². The maximum absolute atomic E-state index is 12.0. The third-order valence-electron chi connectivity index (χ3n) is 2.83. The average molecular weight is 328 g/mol. The molecule has 0 aliphatic rings. The lowest BCUT2D eigenvalue weighted by Gasteiger charge is -2.07. The van der Waals surface area contributed by atoms with E-state index in [9.17, 15) is 4.79 Å². The zero-order chi connectivity index (χ0) is 16.7. The fraction of sp³-hybridized carbons (Fsp3) is 0.538. The molecule has 1 amide bonds. The molecule has 0 atom stereocenters. The van der Waals surface area contributed by atoms with E-state index >= 15 is 0 Å². The second kappa shape index (κ2) is 8.38. The summed E-state index contributed by atoms with van der Waals surface area (Å²) < 4.78 is 0. The van der Waals surface area contributed by atoms with Gasteiger partial charge in [-0.25, -0.2) is 9.97 Å². The molecule has 0 bridgehead atoms. The lowest BCUT2D eigenvalue weighted by Crippen LogP contribution is -2.38. The number of hydrogen-bond donors (Lipinski definition) is 4. The standard InChI is InChI=1S/C13H22ClN7O/c1-7(2)5-3-4-6-18-13(17)21-12(22)8-10(15)20-11(16)9(14)19-8/h7H,3-6H2,1-2H3,(H4,15,16,20)(H3,17,18,21,22). The van der Waals surface area contributed by atoms with Crippen LogP contribution in [0.2, 0.25) is 5.15 Å². The van der Waals surface area contributed by atoms with Gasteiger partial charge in [-0.05, 0) is 12.3 Å². The van der Waals surface area contributed by atoms with Gasteiger partial charge in [-0.3, -0.25) is 15.1 Å². The number of halogens is 1. The van der Waals surface area contributed by atoms with E-state index < -0.39 is 5.91 Å². The summed E-state index contributed by atoms with van der Waals surface area (Å²) in [6.07, 6.45) is 3.11. The van der Waals surface area contributed by atoms with Crippen LogP contribution in [0.3, 0.4) is 0 Å². The minimum atomic E-state index is -0.629. The molecule has 1 heterocycles. The normalized spacial score (nSPS) is 11.7. The Labute approximate surface area is 134 Å². The first-order valence-corrected chi connectivity index (χ1v) is 7.38. The van der Waals surface area contributed by atoms with Crippen LogP contribution in [0.4, 0.5) is 11.6 Å². The molecular formula is C13H22ClN7O. The molecule has 0 spiro atoms. The third kappa shape index (κ3) is 5.72. The first-order chi connectivity index (χ1) is 10.3. The quantitative estimate of drug-likeness (QED) is 0.350. The molecule has 0 aromatic carbocycles. The summed E-state index contributed by atoms with van der Waals surface area (Å²) in [7, 11) is 0. The molecule has 1 rings (SSSR count). The lowest BCUT2D eigenvalue weighted by atomic mass is 10.1. The van der Waals surface area contributed by atoms with Gasteiger partial charge in [-0.1, -0.05) is 38.3 Å². The van der Waals surface area contributed by atoms with Gasteiger partial charge in [0.05, 0.1) is 0 Å². The Morgan fingerprint density at radius 1 is 1.27 bits per heavy atom. The van der Waals surface area contributed by atoms with Crippen molar-refractivity contribution in [3.63, 3.8) is 0 Å². The van der Waals surface area contributed by atoms with Crippen molar-refractivity contribution in [1.29, 1.82) is 0 Å². The van der Waals surface area contributed by atoms with Crippen molar-refractivity contribution in [2.75, 3.05) is 18.0 Å². The Morgan fingerprint density at radius 3 is 2.59 bits per heavy atom. The second-order valence-electron chi connectivity index (χ2n) is 5.24. The number of hydrogen-bond acceptors (Lipinski definition) is 6. The molecule has 0 fully saturated rings. The van der Waals surface area contributed by atoms with Crippen LogP contribution in [0.25, 0.3) is 0 Å². The maximum atomic E-state index is 12.0. The first-order valence-electron chi connectivity index (χ1n) is 7.01. The van der Waals surface area contributed by atoms with Crippen molar-refractivity contribution < 1.29 is 4.79 Å². The number of aliphatic imine (C=N–C) groups is 1. The number of carbonyl (C=O) groups excluding carboxylic acids is 1. The Balaban J connectivity index is 2.55. The molecule has 22 heavy (non-hydrogen) atoms. The predicted octanol–water partition coefficient (Wildman–Crippen LogP) is 1.17. The minimum absolute atomic E-state index is 0.00342. The number of nitrogens with two attached hydrogens (primary N) is 3. The zero-order valence-corrected chi connectivity index (χ0v) is 13.5. The summed E-state index contributed by atoms with van der Waals surface area (Å²) in [6.45, 7) is 4.88. The Morgan fingerprint density at radius 2 is 1.95 bits per heavy atom. The summed E-state index contributed by atoms with van der Waals surface area (Å²) in [5.41, 5.74) is 16.5. The number of guanidine groups is 1. The molecule has 0 radical (unpaired) electrons. The summed E-state index contributed by atoms with van der Waals surface area (Å²) in [4.78, 5) is 23.5. The van der Waals surface area contributed by atoms with E-state index in [1.165, 1.54) is 0 Å². The van der Waals surface area contributed by atoms with Gasteiger partial charge in [0.2, 0.25) is 0 Å². The molecular weight excluding hydrogens is 306 g/mol. The highest BCUT2D eigenvalue weighted by Crippen LogP contribution is 2.17. The maximum Gasteiger partial charge on any atom is 0.280 e. The molecule has 1 aromatic rings. The zero-order valence-electron chi connectivity index (χ0n) is 12.8. The van der Waals surface area contributed by atoms with Crippen molar-refractivity contribution in [3.05, 3.63) is 10.8 Å². The van der Waals surface area contributed by atoms with E-state index in [2.05, 4.69) is 34.1 Å². The number of nitrogen functional groups attached to an aromatic ring is 2. The van der Waals surface area contributed by atoms with Crippen LogP contribution in [-0.2, 0) is 0 Å². The van der Waals surface area contributed by atoms with Gasteiger partial charge in [0.15, 0.2) is 28.4 Å². The average Bonchev–Trinajstić information content (AvgIpc) is 2.41. The van der Waals surface area contributed by atoms with Crippen LogP contribution in [0, 0.1) is 5.92 Å². The number of rotatable bonds is 6. The summed E-state index contributed by atoms with van der Waals surface area (Å²) >= 11 is 5.71. The largest absolute Gasteiger partial charge is 0.382 e. The molecule has 0 saturated carbocycles. The number of nitrogens with zero attached hydrogens (tertiary/aromatic N) is 3. The molecule has 0 unspecified atom stereocenters. The van der Waals surface area contributed by atoms with Crippen LogP contribution in [0.5, 0.6) is 0 Å². The van der Waals surface area contributed by atoms with Crippen molar-refractivity contribution in [1.82, 2.24) is 15.3 Å². The van der Waals surface area contributed by atoms with Crippen LogP contribution in [0.1, 0.15) is 43.6 Å². The third-order valence-corrected chi connectivity index (χ3v) is 3.11. The fourth-order valence-electron chi connectivity index (χ4n) is 1.69. The van der Waals surface area contributed by atoms with Crippen molar-refractivity contribution >= 4 is 35.1 Å². The molecule has 1 aromatic heterocycles. The van der Waals surface area contributed by atoms with Gasteiger partial charge in [0.1, 0.15) is 0 Å². The van der Waals surface area contributed by atoms with Crippen LogP contribution < -0.4 is 22.5 Å². The van der Waals surface area contributed by atoms with Crippen LogP contribution in [-0.4, -0.2) is 28.4 Å². The van der Waals surface area contributed by atoms with E-state index in [1.807, 2.05) is 0 Å². The highest BCUT2D eigenvalue weighted by molar-refractivity contribution is 6.31. The number of anilines is 2. The lowest BCUT2D eigenvalue weighted by molar-refractivity contribution is 0.0972. The predicted molar refractivity (Wildman–Crippen MR) is 88.5 cm³/mol. The molecule has 0 saturated heterocycles. The molecule has 8 nitrogen and oxygen atoms in total. The number of amides is 1. The molecule has 7 N–H and O–H groups in total. The van der Waals surface area contributed by atoms with Gasteiger partial charge >= 0.3 is 0 Å². The summed E-state index contributed by atoms with van der Waals surface area (Å²) in [6, 6.07) is 0. The highest BCUT2D eigenvalue weighted by atomic mass is 35.5. The van der Waals surface area contributed by atoms with E-state index in [1.54, 1.807) is 0 Å². The van der Waals surface area contributed by atoms with Crippen molar-refractivity contribution in [2.45, 2.75) is 33.1 Å². The van der Waals surface area contributed by atoms with Gasteiger partial charge in [0.25, 0.3) is 5.91 Å². The Kier molecular flexibility index (Phi) is 6.84. The minimum Gasteiger partial charge on any atom is -0.382 e. The van der Waals surface area contributed by atoms with Gasteiger partial charge in [-0.2, -0.15) is 0 Å².